The standard InChI is InChI=1S/C16H15BrN4/c17-12-4-3-10-6-11(8-19-14(10)7-12)15-9-20-16(21-15)13-2-1-5-18-13/h3-4,6-9,13,18H,1-2,5H2,(H,20,21). The van der Waals surface area contributed by atoms with Crippen molar-refractivity contribution < 1.29 is 0 Å². The van der Waals surface area contributed by atoms with Crippen molar-refractivity contribution in [3.8, 4) is 11.3 Å². The van der Waals surface area contributed by atoms with Crippen LogP contribution in [0.4, 0.5) is 0 Å². The van der Waals surface area contributed by atoms with Gasteiger partial charge in [0.05, 0.1) is 23.4 Å². The van der Waals surface area contributed by atoms with Gasteiger partial charge in [0.2, 0.25) is 0 Å². The molecule has 1 unspecified atom stereocenters. The fourth-order valence-corrected chi connectivity index (χ4v) is 3.17. The van der Waals surface area contributed by atoms with Crippen LogP contribution < -0.4 is 5.32 Å². The molecule has 106 valence electrons. The predicted octanol–water partition coefficient (Wildman–Crippen LogP) is 3.81. The molecule has 5 heteroatoms. The number of aromatic nitrogens is 3. The highest BCUT2D eigenvalue weighted by Crippen LogP contribution is 2.26. The minimum Gasteiger partial charge on any atom is -0.341 e. The summed E-state index contributed by atoms with van der Waals surface area (Å²) in [7, 11) is 0. The second kappa shape index (κ2) is 5.24. The summed E-state index contributed by atoms with van der Waals surface area (Å²) in [4.78, 5) is 12.5. The van der Waals surface area contributed by atoms with Crippen LogP contribution in [0.25, 0.3) is 22.2 Å². The normalized spacial score (nSPS) is 18.4. The van der Waals surface area contributed by atoms with E-state index in [2.05, 4.69) is 48.3 Å². The molecule has 2 aromatic heterocycles. The van der Waals surface area contributed by atoms with Gasteiger partial charge in [-0.1, -0.05) is 22.0 Å². The van der Waals surface area contributed by atoms with E-state index in [0.717, 1.165) is 45.4 Å². The summed E-state index contributed by atoms with van der Waals surface area (Å²) >= 11 is 3.47. The molecular weight excluding hydrogens is 328 g/mol. The Morgan fingerprint density at radius 3 is 2.95 bits per heavy atom. The molecule has 1 aliphatic rings. The Labute approximate surface area is 131 Å². The Morgan fingerprint density at radius 1 is 1.14 bits per heavy atom. The van der Waals surface area contributed by atoms with Gasteiger partial charge in [-0.15, -0.1) is 0 Å². The van der Waals surface area contributed by atoms with Crippen molar-refractivity contribution in [2.24, 2.45) is 0 Å². The highest BCUT2D eigenvalue weighted by atomic mass is 79.9. The monoisotopic (exact) mass is 342 g/mol. The first-order valence-electron chi connectivity index (χ1n) is 7.13. The number of nitrogens with one attached hydrogen (secondary N) is 2. The van der Waals surface area contributed by atoms with Gasteiger partial charge in [-0.2, -0.15) is 0 Å². The van der Waals surface area contributed by atoms with Crippen molar-refractivity contribution >= 4 is 26.8 Å². The largest absolute Gasteiger partial charge is 0.341 e. The molecule has 2 N–H and O–H groups in total. The van der Waals surface area contributed by atoms with Crippen molar-refractivity contribution in [3.05, 3.63) is 47.0 Å². The van der Waals surface area contributed by atoms with Crippen molar-refractivity contribution in [1.82, 2.24) is 20.3 Å². The Kier molecular flexibility index (Phi) is 3.24. The van der Waals surface area contributed by atoms with E-state index in [1.54, 1.807) is 0 Å². The third-order valence-electron chi connectivity index (χ3n) is 3.94. The number of fused-ring (bicyclic) bond motifs is 1. The van der Waals surface area contributed by atoms with E-state index in [1.165, 1.54) is 6.42 Å². The average Bonchev–Trinajstić information content (AvgIpc) is 3.17. The zero-order valence-electron chi connectivity index (χ0n) is 11.4. The van der Waals surface area contributed by atoms with Crippen LogP contribution in [0.3, 0.4) is 0 Å². The molecule has 1 aliphatic heterocycles. The van der Waals surface area contributed by atoms with Gasteiger partial charge < -0.3 is 10.3 Å². The highest BCUT2D eigenvalue weighted by molar-refractivity contribution is 9.10. The highest BCUT2D eigenvalue weighted by Gasteiger charge is 2.19. The van der Waals surface area contributed by atoms with E-state index in [4.69, 9.17) is 0 Å². The molecule has 0 spiro atoms. The number of pyridine rings is 1. The molecule has 1 saturated heterocycles. The number of rotatable bonds is 2. The van der Waals surface area contributed by atoms with Gasteiger partial charge in [-0.3, -0.25) is 4.98 Å². The molecule has 0 aliphatic carbocycles. The second-order valence-corrected chi connectivity index (χ2v) is 6.31. The number of aromatic amines is 1. The van der Waals surface area contributed by atoms with Gasteiger partial charge >= 0.3 is 0 Å². The maximum atomic E-state index is 4.53. The van der Waals surface area contributed by atoms with Gasteiger partial charge in [0, 0.05) is 21.6 Å². The molecule has 1 fully saturated rings. The number of H-pyrrole nitrogens is 1. The lowest BCUT2D eigenvalue weighted by molar-refractivity contribution is 0.613. The van der Waals surface area contributed by atoms with Crippen LogP contribution in [-0.4, -0.2) is 21.5 Å². The lowest BCUT2D eigenvalue weighted by Crippen LogP contribution is -2.14. The van der Waals surface area contributed by atoms with Gasteiger partial charge in [-0.05, 0) is 37.6 Å². The van der Waals surface area contributed by atoms with Crippen molar-refractivity contribution in [2.45, 2.75) is 18.9 Å². The fraction of sp³-hybridized carbons (Fsp3) is 0.250. The number of hydrogen-bond acceptors (Lipinski definition) is 3. The van der Waals surface area contributed by atoms with E-state index < -0.39 is 0 Å². The van der Waals surface area contributed by atoms with E-state index in [0.29, 0.717) is 6.04 Å². The number of nitrogens with zero attached hydrogens (tertiary/aromatic N) is 2. The molecule has 3 aromatic rings. The van der Waals surface area contributed by atoms with Crippen LogP contribution in [-0.2, 0) is 0 Å². The first kappa shape index (κ1) is 13.0. The van der Waals surface area contributed by atoms with Crippen molar-refractivity contribution in [2.75, 3.05) is 6.54 Å². The number of hydrogen-bond donors (Lipinski definition) is 2. The number of halogens is 1. The van der Waals surface area contributed by atoms with Crippen LogP contribution in [0.2, 0.25) is 0 Å². The van der Waals surface area contributed by atoms with Crippen LogP contribution in [0.1, 0.15) is 24.7 Å². The number of imidazole rings is 1. The Bertz CT molecular complexity index is 790. The molecular formula is C16H15BrN4. The zero-order chi connectivity index (χ0) is 14.2. The molecule has 0 radical (unpaired) electrons. The maximum absolute atomic E-state index is 4.53. The quantitative estimate of drug-likeness (QED) is 0.744. The average molecular weight is 343 g/mol. The zero-order valence-corrected chi connectivity index (χ0v) is 13.0. The molecule has 4 nitrogen and oxygen atoms in total. The van der Waals surface area contributed by atoms with Gasteiger partial charge in [-0.25, -0.2) is 4.98 Å². The maximum Gasteiger partial charge on any atom is 0.123 e. The van der Waals surface area contributed by atoms with E-state index in [-0.39, 0.29) is 0 Å². The Balaban J connectivity index is 1.71. The molecule has 0 amide bonds. The molecule has 1 aromatic carbocycles. The van der Waals surface area contributed by atoms with Crippen LogP contribution in [0.5, 0.6) is 0 Å². The Morgan fingerprint density at radius 2 is 2.10 bits per heavy atom. The molecule has 1 atom stereocenters. The summed E-state index contributed by atoms with van der Waals surface area (Å²) in [6.07, 6.45) is 6.16. The Hall–Kier alpha value is -1.72. The molecule has 21 heavy (non-hydrogen) atoms. The molecule has 3 heterocycles. The van der Waals surface area contributed by atoms with Crippen molar-refractivity contribution in [3.63, 3.8) is 0 Å². The molecule has 4 rings (SSSR count). The smallest absolute Gasteiger partial charge is 0.123 e. The summed E-state index contributed by atoms with van der Waals surface area (Å²) < 4.78 is 1.05. The molecule has 0 bridgehead atoms. The summed E-state index contributed by atoms with van der Waals surface area (Å²) in [5, 5.41) is 4.59. The van der Waals surface area contributed by atoms with Gasteiger partial charge in [0.25, 0.3) is 0 Å². The summed E-state index contributed by atoms with van der Waals surface area (Å²) in [6.45, 7) is 1.08. The minimum absolute atomic E-state index is 0.364. The summed E-state index contributed by atoms with van der Waals surface area (Å²) in [5.74, 6) is 1.03. The predicted molar refractivity (Wildman–Crippen MR) is 87.0 cm³/mol. The van der Waals surface area contributed by atoms with Crippen LogP contribution in [0, 0.1) is 0 Å². The van der Waals surface area contributed by atoms with Crippen LogP contribution >= 0.6 is 15.9 Å². The van der Waals surface area contributed by atoms with E-state index in [1.807, 2.05) is 24.5 Å². The van der Waals surface area contributed by atoms with E-state index >= 15 is 0 Å². The first-order valence-corrected chi connectivity index (χ1v) is 7.93. The second-order valence-electron chi connectivity index (χ2n) is 5.39. The minimum atomic E-state index is 0.364. The van der Waals surface area contributed by atoms with Gasteiger partial charge in [0.15, 0.2) is 0 Å². The lowest BCUT2D eigenvalue weighted by atomic mass is 10.1. The topological polar surface area (TPSA) is 53.6 Å². The summed E-state index contributed by atoms with van der Waals surface area (Å²) in [6, 6.07) is 8.65. The first-order chi connectivity index (χ1) is 10.3. The fourth-order valence-electron chi connectivity index (χ4n) is 2.82. The van der Waals surface area contributed by atoms with E-state index in [9.17, 15) is 0 Å². The van der Waals surface area contributed by atoms with Gasteiger partial charge in [0.1, 0.15) is 5.82 Å². The number of benzene rings is 1. The summed E-state index contributed by atoms with van der Waals surface area (Å²) in [5.41, 5.74) is 3.09. The third kappa shape index (κ3) is 2.47. The molecule has 0 saturated carbocycles. The SMILES string of the molecule is Brc1ccc2cc(-c3cnc(C4CCCN4)[nH]3)cnc2c1. The van der Waals surface area contributed by atoms with Crippen molar-refractivity contribution in [1.29, 1.82) is 0 Å². The van der Waals surface area contributed by atoms with Crippen LogP contribution in [0.15, 0.2) is 41.1 Å². The lowest BCUT2D eigenvalue weighted by Gasteiger charge is -2.05. The third-order valence-corrected chi connectivity index (χ3v) is 4.44.